The molecule has 3 rings (SSSR count). The summed E-state index contributed by atoms with van der Waals surface area (Å²) in [6.07, 6.45) is 4.10. The molecule has 0 spiro atoms. The molecule has 1 amide bonds. The lowest BCUT2D eigenvalue weighted by Gasteiger charge is -2.36. The molecule has 2 heterocycles. The van der Waals surface area contributed by atoms with E-state index >= 15 is 0 Å². The Morgan fingerprint density at radius 1 is 1.15 bits per heavy atom. The van der Waals surface area contributed by atoms with Crippen molar-refractivity contribution in [3.05, 3.63) is 27.7 Å². The highest BCUT2D eigenvalue weighted by atomic mass is 35.5. The van der Waals surface area contributed by atoms with Crippen molar-refractivity contribution in [3.63, 3.8) is 0 Å². The fraction of sp³-hybridized carbons (Fsp3) is 0.588. The molecule has 26 heavy (non-hydrogen) atoms. The smallest absolute Gasteiger partial charge is 0.253 e. The normalized spacial score (nSPS) is 26.3. The number of sulfonamides is 1. The molecular weight excluding hydrogens is 397 g/mol. The predicted molar refractivity (Wildman–Crippen MR) is 102 cm³/mol. The van der Waals surface area contributed by atoms with E-state index < -0.39 is 10.0 Å². The number of rotatable bonds is 4. The van der Waals surface area contributed by atoms with E-state index in [2.05, 4.69) is 17.3 Å². The Balaban J connectivity index is 1.84. The van der Waals surface area contributed by atoms with Crippen LogP contribution in [0.3, 0.4) is 0 Å². The second-order valence-corrected chi connectivity index (χ2v) is 10.2. The minimum atomic E-state index is -3.77. The summed E-state index contributed by atoms with van der Waals surface area (Å²) in [5, 5.41) is 3.16. The first-order chi connectivity index (χ1) is 12.1. The van der Waals surface area contributed by atoms with Crippen molar-refractivity contribution in [2.75, 3.05) is 21.1 Å². The minimum absolute atomic E-state index is 0.00224. The van der Waals surface area contributed by atoms with Gasteiger partial charge in [-0.05, 0) is 44.9 Å². The largest absolute Gasteiger partial charge is 0.349 e. The first-order valence-corrected chi connectivity index (χ1v) is 10.7. The van der Waals surface area contributed by atoms with Gasteiger partial charge in [-0.1, -0.05) is 23.2 Å². The Labute approximate surface area is 164 Å². The first-order valence-electron chi connectivity index (χ1n) is 8.55. The van der Waals surface area contributed by atoms with Crippen LogP contribution < -0.4 is 5.32 Å². The third-order valence-corrected chi connectivity index (χ3v) is 8.05. The number of nitrogens with zero attached hydrogens (tertiary/aromatic N) is 2. The van der Waals surface area contributed by atoms with E-state index in [4.69, 9.17) is 23.2 Å². The Morgan fingerprint density at radius 2 is 1.73 bits per heavy atom. The molecule has 2 bridgehead atoms. The van der Waals surface area contributed by atoms with Crippen LogP contribution in [0.4, 0.5) is 0 Å². The van der Waals surface area contributed by atoms with Gasteiger partial charge in [0, 0.05) is 32.2 Å². The number of hydrogen-bond acceptors (Lipinski definition) is 4. The summed E-state index contributed by atoms with van der Waals surface area (Å²) in [5.41, 5.74) is 0.128. The Morgan fingerprint density at radius 3 is 2.27 bits per heavy atom. The van der Waals surface area contributed by atoms with Gasteiger partial charge in [-0.3, -0.25) is 4.79 Å². The van der Waals surface area contributed by atoms with Crippen LogP contribution >= 0.6 is 23.2 Å². The average Bonchev–Trinajstić information content (AvgIpc) is 2.76. The van der Waals surface area contributed by atoms with Crippen LogP contribution in [0.25, 0.3) is 0 Å². The highest BCUT2D eigenvalue weighted by Crippen LogP contribution is 2.35. The van der Waals surface area contributed by atoms with Crippen LogP contribution in [-0.4, -0.2) is 62.8 Å². The maximum atomic E-state index is 12.7. The van der Waals surface area contributed by atoms with Crippen LogP contribution in [0.15, 0.2) is 17.0 Å². The molecular formula is C17H23Cl2N3O3S. The fourth-order valence-corrected chi connectivity index (χ4v) is 5.62. The highest BCUT2D eigenvalue weighted by Gasteiger charge is 2.39. The Bertz CT molecular complexity index is 815. The zero-order chi connectivity index (χ0) is 19.2. The lowest BCUT2D eigenvalue weighted by Crippen LogP contribution is -2.48. The van der Waals surface area contributed by atoms with Gasteiger partial charge in [-0.15, -0.1) is 0 Å². The number of carbonyl (C=O) groups is 1. The molecule has 144 valence electrons. The van der Waals surface area contributed by atoms with Gasteiger partial charge in [0.1, 0.15) is 4.90 Å². The number of benzene rings is 1. The number of hydrogen-bond donors (Lipinski definition) is 1. The van der Waals surface area contributed by atoms with E-state index in [0.717, 1.165) is 30.0 Å². The summed E-state index contributed by atoms with van der Waals surface area (Å²) in [5.74, 6) is -0.365. The number of piperidine rings is 1. The van der Waals surface area contributed by atoms with E-state index in [1.165, 1.54) is 26.2 Å². The summed E-state index contributed by atoms with van der Waals surface area (Å²) in [6.45, 7) is 0. The van der Waals surface area contributed by atoms with Crippen LogP contribution in [0.2, 0.25) is 10.0 Å². The molecule has 2 aliphatic rings. The molecule has 1 aromatic rings. The first kappa shape index (κ1) is 19.9. The summed E-state index contributed by atoms with van der Waals surface area (Å²) in [7, 11) is 1.18. The quantitative estimate of drug-likeness (QED) is 0.813. The van der Waals surface area contributed by atoms with Gasteiger partial charge in [-0.2, -0.15) is 0 Å². The average molecular weight is 420 g/mol. The number of halogens is 2. The molecule has 1 aromatic carbocycles. The van der Waals surface area contributed by atoms with E-state index in [0.29, 0.717) is 12.1 Å². The molecule has 0 saturated carbocycles. The molecule has 0 aromatic heterocycles. The van der Waals surface area contributed by atoms with Crippen LogP contribution in [0.1, 0.15) is 36.0 Å². The number of fused-ring (bicyclic) bond motifs is 2. The van der Waals surface area contributed by atoms with Gasteiger partial charge in [0.05, 0.1) is 15.6 Å². The standard InChI is InChI=1S/C17H23Cl2N3O3S/c1-21(2)26(24,25)16-8-13(14(18)9-15(16)19)17(23)20-10-6-11-4-5-12(7-10)22(11)3/h8-12H,4-7H2,1-3H3,(H,20,23)/t11-,12-/m1/s1. The Kier molecular flexibility index (Phi) is 5.57. The van der Waals surface area contributed by atoms with Crippen LogP contribution in [0.5, 0.6) is 0 Å². The zero-order valence-electron chi connectivity index (χ0n) is 15.0. The maximum absolute atomic E-state index is 12.7. The van der Waals surface area contributed by atoms with Crippen molar-refractivity contribution < 1.29 is 13.2 Å². The molecule has 0 unspecified atom stereocenters. The zero-order valence-corrected chi connectivity index (χ0v) is 17.3. The van der Waals surface area contributed by atoms with Crippen molar-refractivity contribution in [3.8, 4) is 0 Å². The maximum Gasteiger partial charge on any atom is 0.253 e. The number of carbonyl (C=O) groups excluding carboxylic acids is 1. The third-order valence-electron chi connectivity index (χ3n) is 5.46. The number of amides is 1. The van der Waals surface area contributed by atoms with Gasteiger partial charge >= 0.3 is 0 Å². The van der Waals surface area contributed by atoms with Crippen molar-refractivity contribution in [1.82, 2.24) is 14.5 Å². The monoisotopic (exact) mass is 419 g/mol. The fourth-order valence-electron chi connectivity index (χ4n) is 3.89. The van der Waals surface area contributed by atoms with Gasteiger partial charge in [0.25, 0.3) is 5.91 Å². The predicted octanol–water partition coefficient (Wildman–Crippen LogP) is 2.60. The van der Waals surface area contributed by atoms with Gasteiger partial charge in [-0.25, -0.2) is 12.7 Å². The SMILES string of the molecule is CN1[C@@H]2CC[C@@H]1CC(NC(=O)c1cc(S(=O)(=O)N(C)C)c(Cl)cc1Cl)C2. The summed E-state index contributed by atoms with van der Waals surface area (Å²) >= 11 is 12.2. The van der Waals surface area contributed by atoms with E-state index in [1.54, 1.807) is 0 Å². The molecule has 0 aliphatic carbocycles. The molecule has 9 heteroatoms. The third kappa shape index (κ3) is 3.60. The molecule has 2 fully saturated rings. The van der Waals surface area contributed by atoms with Gasteiger partial charge in [0.2, 0.25) is 10.0 Å². The minimum Gasteiger partial charge on any atom is -0.349 e. The number of nitrogens with one attached hydrogen (secondary N) is 1. The molecule has 1 N–H and O–H groups in total. The van der Waals surface area contributed by atoms with Crippen LogP contribution in [-0.2, 0) is 10.0 Å². The second-order valence-electron chi connectivity index (χ2n) is 7.24. The van der Waals surface area contributed by atoms with Crippen molar-refractivity contribution in [1.29, 1.82) is 0 Å². The summed E-state index contributed by atoms with van der Waals surface area (Å²) in [4.78, 5) is 15.0. The second kappa shape index (κ2) is 7.28. The molecule has 0 radical (unpaired) electrons. The van der Waals surface area contributed by atoms with Gasteiger partial charge in [0.15, 0.2) is 0 Å². The lowest BCUT2D eigenvalue weighted by molar-refractivity contribution is 0.0882. The topological polar surface area (TPSA) is 69.7 Å². The van der Waals surface area contributed by atoms with Gasteiger partial charge < -0.3 is 10.2 Å². The van der Waals surface area contributed by atoms with Crippen molar-refractivity contribution in [2.45, 2.75) is 48.7 Å². The van der Waals surface area contributed by atoms with E-state index in [9.17, 15) is 13.2 Å². The molecule has 6 nitrogen and oxygen atoms in total. The van der Waals surface area contributed by atoms with E-state index in [-0.39, 0.29) is 32.5 Å². The van der Waals surface area contributed by atoms with Crippen molar-refractivity contribution >= 4 is 39.1 Å². The lowest BCUT2D eigenvalue weighted by atomic mass is 9.97. The molecule has 2 aliphatic heterocycles. The van der Waals surface area contributed by atoms with E-state index in [1.807, 2.05) is 0 Å². The summed E-state index contributed by atoms with van der Waals surface area (Å²) in [6, 6.07) is 3.62. The summed E-state index contributed by atoms with van der Waals surface area (Å²) < 4.78 is 25.9. The van der Waals surface area contributed by atoms with Crippen molar-refractivity contribution in [2.24, 2.45) is 0 Å². The molecule has 2 saturated heterocycles. The van der Waals surface area contributed by atoms with Crippen LogP contribution in [0, 0.1) is 0 Å². The Hall–Kier alpha value is -0.860. The molecule has 2 atom stereocenters. The highest BCUT2D eigenvalue weighted by molar-refractivity contribution is 7.89.